The van der Waals surface area contributed by atoms with Crippen LogP contribution in [-0.4, -0.2) is 37.2 Å². The first-order valence-corrected chi connectivity index (χ1v) is 27.2. The maximum Gasteiger partial charge on any atom is 0.306 e. The summed E-state index contributed by atoms with van der Waals surface area (Å²) in [6, 6.07) is 0. The van der Waals surface area contributed by atoms with E-state index in [4.69, 9.17) is 14.2 Å². The molecular formula is C60H100O6. The van der Waals surface area contributed by atoms with E-state index < -0.39 is 6.10 Å². The number of hydrogen-bond acceptors (Lipinski definition) is 6. The molecule has 0 heterocycles. The molecule has 0 radical (unpaired) electrons. The van der Waals surface area contributed by atoms with E-state index >= 15 is 0 Å². The highest BCUT2D eigenvalue weighted by Gasteiger charge is 2.19. The van der Waals surface area contributed by atoms with Crippen LogP contribution >= 0.6 is 0 Å². The van der Waals surface area contributed by atoms with Gasteiger partial charge in [-0.15, -0.1) is 0 Å². The smallest absolute Gasteiger partial charge is 0.306 e. The highest BCUT2D eigenvalue weighted by atomic mass is 16.6. The van der Waals surface area contributed by atoms with E-state index in [0.717, 1.165) is 141 Å². The summed E-state index contributed by atoms with van der Waals surface area (Å²) in [5, 5.41) is 0. The van der Waals surface area contributed by atoms with Gasteiger partial charge in [-0.05, 0) is 116 Å². The summed E-state index contributed by atoms with van der Waals surface area (Å²) < 4.78 is 16.8. The molecule has 66 heavy (non-hydrogen) atoms. The van der Waals surface area contributed by atoms with Gasteiger partial charge in [0.25, 0.3) is 0 Å². The van der Waals surface area contributed by atoms with Crippen molar-refractivity contribution in [3.8, 4) is 0 Å². The van der Waals surface area contributed by atoms with Crippen LogP contribution in [0.4, 0.5) is 0 Å². The van der Waals surface area contributed by atoms with Crippen molar-refractivity contribution in [1.82, 2.24) is 0 Å². The van der Waals surface area contributed by atoms with Crippen LogP contribution in [0.2, 0.25) is 0 Å². The van der Waals surface area contributed by atoms with Gasteiger partial charge in [0, 0.05) is 19.3 Å². The Morgan fingerprint density at radius 1 is 0.318 bits per heavy atom. The predicted octanol–water partition coefficient (Wildman–Crippen LogP) is 18.1. The van der Waals surface area contributed by atoms with Crippen molar-refractivity contribution in [2.45, 2.75) is 252 Å². The SMILES string of the molecule is CC/C=C\C/C=C\C/C=C\C/C=C\CCCCCCCCC(=O)OCC(COC(=O)CCCCCCC/C=C\CCCCCCC)OC(=O)CCCCCCC/C=C\C/C=C\C/C=C\CC. The van der Waals surface area contributed by atoms with Crippen molar-refractivity contribution < 1.29 is 28.6 Å². The number of rotatable bonds is 48. The minimum atomic E-state index is -0.797. The molecule has 0 saturated heterocycles. The maximum absolute atomic E-state index is 12.8. The topological polar surface area (TPSA) is 78.9 Å². The van der Waals surface area contributed by atoms with Crippen molar-refractivity contribution in [3.05, 3.63) is 97.2 Å². The molecule has 0 saturated carbocycles. The van der Waals surface area contributed by atoms with E-state index in [2.05, 4.69) is 118 Å². The standard InChI is InChI=1S/C60H100O6/c1-4-7-10-13-16-19-22-25-28-29-30-31-33-35-38-41-44-47-50-53-59(62)65-56-57(55-64-58(61)52-49-46-43-40-37-34-27-24-21-18-15-12-9-6-3)66-60(63)54-51-48-45-42-39-36-32-26-23-20-17-14-11-8-5-2/h7-8,10-11,16-17,19-20,24-28,30-32,57H,4-6,9,12-15,18,21-23,29,33-56H2,1-3H3/b10-7-,11-8-,19-16-,20-17-,27-24-,28-25-,31-30-,32-26-. The van der Waals surface area contributed by atoms with Crippen LogP contribution in [0.15, 0.2) is 97.2 Å². The molecule has 0 spiro atoms. The van der Waals surface area contributed by atoms with E-state index in [9.17, 15) is 14.4 Å². The summed E-state index contributed by atoms with van der Waals surface area (Å²) in [7, 11) is 0. The lowest BCUT2D eigenvalue weighted by Gasteiger charge is -2.18. The largest absolute Gasteiger partial charge is 0.462 e. The second-order valence-corrected chi connectivity index (χ2v) is 17.7. The van der Waals surface area contributed by atoms with Crippen molar-refractivity contribution in [2.75, 3.05) is 13.2 Å². The van der Waals surface area contributed by atoms with Crippen molar-refractivity contribution in [3.63, 3.8) is 0 Å². The van der Waals surface area contributed by atoms with Gasteiger partial charge in [-0.25, -0.2) is 0 Å². The van der Waals surface area contributed by atoms with Gasteiger partial charge in [0.1, 0.15) is 13.2 Å². The number of hydrogen-bond donors (Lipinski definition) is 0. The van der Waals surface area contributed by atoms with Gasteiger partial charge >= 0.3 is 17.9 Å². The summed E-state index contributed by atoms with van der Waals surface area (Å²) in [6.07, 6.45) is 71.0. The Labute approximate surface area is 407 Å². The normalized spacial score (nSPS) is 12.8. The molecule has 1 atom stereocenters. The van der Waals surface area contributed by atoms with Gasteiger partial charge in [0.2, 0.25) is 0 Å². The number of esters is 3. The highest BCUT2D eigenvalue weighted by Crippen LogP contribution is 2.14. The first kappa shape index (κ1) is 62.3. The van der Waals surface area contributed by atoms with Gasteiger partial charge < -0.3 is 14.2 Å². The molecule has 0 aromatic carbocycles. The summed E-state index contributed by atoms with van der Waals surface area (Å²) in [5.41, 5.74) is 0. The van der Waals surface area contributed by atoms with Crippen molar-refractivity contribution >= 4 is 17.9 Å². The molecule has 0 rings (SSSR count). The third kappa shape index (κ3) is 51.3. The second-order valence-electron chi connectivity index (χ2n) is 17.7. The fraction of sp³-hybridized carbons (Fsp3) is 0.683. The van der Waals surface area contributed by atoms with Crippen LogP contribution < -0.4 is 0 Å². The molecule has 376 valence electrons. The Hall–Kier alpha value is -3.67. The molecule has 0 aromatic rings. The summed E-state index contributed by atoms with van der Waals surface area (Å²) in [5.74, 6) is -0.934. The maximum atomic E-state index is 12.8. The summed E-state index contributed by atoms with van der Waals surface area (Å²) >= 11 is 0. The molecule has 0 aliphatic rings. The predicted molar refractivity (Wildman–Crippen MR) is 284 cm³/mol. The first-order valence-electron chi connectivity index (χ1n) is 27.2. The van der Waals surface area contributed by atoms with E-state index in [1.54, 1.807) is 0 Å². The quantitative estimate of drug-likeness (QED) is 0.0262. The van der Waals surface area contributed by atoms with Crippen LogP contribution in [0.1, 0.15) is 245 Å². The number of unbranched alkanes of at least 4 members (excludes halogenated alkanes) is 21. The minimum absolute atomic E-state index is 0.0943. The summed E-state index contributed by atoms with van der Waals surface area (Å²) in [4.78, 5) is 38.1. The second kappa shape index (κ2) is 53.9. The lowest BCUT2D eigenvalue weighted by Crippen LogP contribution is -2.30. The van der Waals surface area contributed by atoms with Crippen molar-refractivity contribution in [2.24, 2.45) is 0 Å². The number of carbonyl (C=O) groups excluding carboxylic acids is 3. The molecule has 0 aliphatic carbocycles. The van der Waals surface area contributed by atoms with Crippen LogP contribution in [0, 0.1) is 0 Å². The molecule has 0 bridgehead atoms. The molecule has 6 heteroatoms. The van der Waals surface area contributed by atoms with E-state index in [1.807, 2.05) is 0 Å². The van der Waals surface area contributed by atoms with Crippen LogP contribution in [0.3, 0.4) is 0 Å². The van der Waals surface area contributed by atoms with Gasteiger partial charge in [-0.2, -0.15) is 0 Å². The zero-order valence-corrected chi connectivity index (χ0v) is 42.9. The fourth-order valence-electron chi connectivity index (χ4n) is 7.27. The number of allylic oxidation sites excluding steroid dienone is 16. The Bertz CT molecular complexity index is 1330. The van der Waals surface area contributed by atoms with E-state index in [0.29, 0.717) is 19.3 Å². The Morgan fingerprint density at radius 2 is 0.591 bits per heavy atom. The monoisotopic (exact) mass is 917 g/mol. The Balaban J connectivity index is 4.45. The van der Waals surface area contributed by atoms with Gasteiger partial charge in [-0.1, -0.05) is 208 Å². The minimum Gasteiger partial charge on any atom is -0.462 e. The van der Waals surface area contributed by atoms with Crippen molar-refractivity contribution in [1.29, 1.82) is 0 Å². The highest BCUT2D eigenvalue weighted by molar-refractivity contribution is 5.71. The van der Waals surface area contributed by atoms with E-state index in [1.165, 1.54) is 64.2 Å². The Morgan fingerprint density at radius 3 is 0.939 bits per heavy atom. The van der Waals surface area contributed by atoms with Crippen LogP contribution in [-0.2, 0) is 28.6 Å². The molecule has 0 aliphatic heterocycles. The van der Waals surface area contributed by atoms with Crippen LogP contribution in [0.5, 0.6) is 0 Å². The van der Waals surface area contributed by atoms with Gasteiger partial charge in [0.15, 0.2) is 6.10 Å². The third-order valence-corrected chi connectivity index (χ3v) is 11.3. The Kier molecular flexibility index (Phi) is 50.9. The number of ether oxygens (including phenoxy) is 3. The average molecular weight is 917 g/mol. The summed E-state index contributed by atoms with van der Waals surface area (Å²) in [6.45, 7) is 6.37. The lowest BCUT2D eigenvalue weighted by atomic mass is 10.1. The van der Waals surface area contributed by atoms with Gasteiger partial charge in [-0.3, -0.25) is 14.4 Å². The molecule has 0 aromatic heterocycles. The van der Waals surface area contributed by atoms with Gasteiger partial charge in [0.05, 0.1) is 0 Å². The van der Waals surface area contributed by atoms with Crippen LogP contribution in [0.25, 0.3) is 0 Å². The molecule has 0 amide bonds. The molecule has 6 nitrogen and oxygen atoms in total. The third-order valence-electron chi connectivity index (χ3n) is 11.3. The lowest BCUT2D eigenvalue weighted by molar-refractivity contribution is -0.167. The zero-order valence-electron chi connectivity index (χ0n) is 42.9. The average Bonchev–Trinajstić information content (AvgIpc) is 3.31. The molecule has 1 unspecified atom stereocenters. The molecular weight excluding hydrogens is 817 g/mol. The number of carbonyl (C=O) groups is 3. The van der Waals surface area contributed by atoms with E-state index in [-0.39, 0.29) is 31.1 Å². The first-order chi connectivity index (χ1) is 32.5. The fourth-order valence-corrected chi connectivity index (χ4v) is 7.27. The zero-order chi connectivity index (χ0) is 47.9. The molecule has 0 N–H and O–H groups in total. The molecule has 0 fully saturated rings.